The Morgan fingerprint density at radius 2 is 1.31 bits per heavy atom. The van der Waals surface area contributed by atoms with Crippen LogP contribution in [0.4, 0.5) is 0 Å². The second-order valence-corrected chi connectivity index (χ2v) is 6.04. The summed E-state index contributed by atoms with van der Waals surface area (Å²) in [4.78, 5) is 32.6. The summed E-state index contributed by atoms with van der Waals surface area (Å²) in [6.45, 7) is 0. The lowest BCUT2D eigenvalue weighted by Gasteiger charge is -2.12. The van der Waals surface area contributed by atoms with Crippen molar-refractivity contribution in [2.75, 3.05) is 0 Å². The summed E-state index contributed by atoms with van der Waals surface area (Å²) in [5.41, 5.74) is 4.26. The van der Waals surface area contributed by atoms with Crippen molar-refractivity contribution >= 4 is 23.4 Å². The van der Waals surface area contributed by atoms with Gasteiger partial charge in [0.25, 0.3) is 0 Å². The van der Waals surface area contributed by atoms with Gasteiger partial charge in [-0.05, 0) is 0 Å². The zero-order valence-electron chi connectivity index (χ0n) is 5.75. The van der Waals surface area contributed by atoms with Gasteiger partial charge >= 0.3 is 23.4 Å². The molecule has 10 nitrogen and oxygen atoms in total. The minimum Gasteiger partial charge on any atom is -0.312 e. The van der Waals surface area contributed by atoms with Crippen LogP contribution >= 0.6 is 23.4 Å². The zero-order valence-corrected chi connectivity index (χ0v) is 8.43. The second kappa shape index (κ2) is 3.88. The lowest BCUT2D eigenvalue weighted by molar-refractivity contribution is 0.223. The molecule has 0 aliphatic carbocycles. The fourth-order valence-corrected chi connectivity index (χ4v) is 2.94. The van der Waals surface area contributed by atoms with Crippen LogP contribution < -0.4 is 5.50 Å². The highest BCUT2D eigenvalue weighted by molar-refractivity contribution is 7.67. The van der Waals surface area contributed by atoms with Crippen LogP contribution in [0.3, 0.4) is 0 Å². The third-order valence-electron chi connectivity index (χ3n) is 0.430. The van der Waals surface area contributed by atoms with E-state index in [0.717, 1.165) is 0 Å². The molecule has 2 unspecified atom stereocenters. The Morgan fingerprint density at radius 3 is 1.54 bits per heavy atom. The van der Waals surface area contributed by atoms with Gasteiger partial charge in [-0.3, -0.25) is 0 Å². The second-order valence-electron chi connectivity index (χ2n) is 1.69. The van der Waals surface area contributed by atoms with E-state index in [2.05, 4.69) is 14.1 Å². The normalized spacial score (nSPS) is 21.9. The number of phosphoric acid groups is 2. The summed E-state index contributed by atoms with van der Waals surface area (Å²) in [6.07, 6.45) is 0. The van der Waals surface area contributed by atoms with Gasteiger partial charge in [-0.15, -0.1) is 0 Å². The van der Waals surface area contributed by atoms with E-state index in [1.165, 1.54) is 0 Å². The molecule has 0 spiro atoms. The molecule has 0 saturated heterocycles. The third kappa shape index (κ3) is 8.73. The number of hydrogen-bond acceptors (Lipinski definition) is 5. The maximum Gasteiger partial charge on any atom is 0.489 e. The molecule has 0 heterocycles. The largest absolute Gasteiger partial charge is 0.489 e. The Hall–Kier alpha value is 0.410. The van der Waals surface area contributed by atoms with Crippen molar-refractivity contribution < 1.29 is 41.9 Å². The Bertz CT molecular complexity index is 277. The van der Waals surface area contributed by atoms with Gasteiger partial charge in [-0.25, -0.2) is 19.2 Å². The van der Waals surface area contributed by atoms with E-state index < -0.39 is 23.4 Å². The van der Waals surface area contributed by atoms with E-state index >= 15 is 0 Å². The molecule has 0 bridgehead atoms. The summed E-state index contributed by atoms with van der Waals surface area (Å²) >= 11 is 0. The molecule has 0 aromatic rings. The highest BCUT2D eigenvalue weighted by atomic mass is 31.3. The summed E-state index contributed by atoms with van der Waals surface area (Å²) in [5, 5.41) is 0. The van der Waals surface area contributed by atoms with E-state index in [-0.39, 0.29) is 0 Å². The molecule has 0 amide bonds. The Labute approximate surface area is 71.7 Å². The molecule has 0 rings (SSSR count). The quantitative estimate of drug-likeness (QED) is 0.403. The number of rotatable bonds is 4. The lowest BCUT2D eigenvalue weighted by atomic mass is 13.9. The number of nitrogens with two attached hydrogens (primary N) is 1. The molecule has 0 aromatic heterocycles. The highest BCUT2D eigenvalue weighted by Crippen LogP contribution is 2.63. The van der Waals surface area contributed by atoms with Gasteiger partial charge in [0, 0.05) is 0 Å². The standard InChI is InChI=1S/H6NO9P3/c1-11(2,3)9-13(7,8)10-12(4,5)6/h(H,7,8)(H3,1,2,3)(H2,4,5,6). The van der Waals surface area contributed by atoms with Crippen LogP contribution in [0.2, 0.25) is 0 Å². The van der Waals surface area contributed by atoms with E-state index in [9.17, 15) is 13.7 Å². The first-order valence-corrected chi connectivity index (χ1v) is 7.01. The smallest absolute Gasteiger partial charge is 0.312 e. The maximum atomic E-state index is 10.5. The predicted octanol–water partition coefficient (Wildman–Crippen LogP) is -0.728. The van der Waals surface area contributed by atoms with Crippen molar-refractivity contribution in [2.45, 2.75) is 0 Å². The molecule has 0 radical (unpaired) electrons. The number of hydrogen-bond donors (Lipinski definition) is 5. The van der Waals surface area contributed by atoms with E-state index in [1.807, 2.05) is 0 Å². The molecule has 0 saturated carbocycles. The maximum absolute atomic E-state index is 10.5. The summed E-state index contributed by atoms with van der Waals surface area (Å²) in [7, 11) is -15.5. The molecule has 0 aliphatic heterocycles. The fraction of sp³-hybridized carbons (Fsp3) is 0. The first-order valence-electron chi connectivity index (χ1n) is 2.34. The average molecular weight is 257 g/mol. The van der Waals surface area contributed by atoms with Crippen LogP contribution in [-0.2, 0) is 22.3 Å². The highest BCUT2D eigenvalue weighted by Gasteiger charge is 2.37. The first-order chi connectivity index (χ1) is 5.41. The monoisotopic (exact) mass is 257 g/mol. The van der Waals surface area contributed by atoms with Gasteiger partial charge in [0.05, 0.1) is 0 Å². The molecule has 80 valence electrons. The first kappa shape index (κ1) is 13.4. The summed E-state index contributed by atoms with van der Waals surface area (Å²) in [6, 6.07) is 0. The van der Waals surface area contributed by atoms with Gasteiger partial charge in [-0.1, -0.05) is 0 Å². The molecule has 6 N–H and O–H groups in total. The molecule has 0 aliphatic rings. The minimum atomic E-state index is -5.34. The zero-order chi connectivity index (χ0) is 10.9. The minimum absolute atomic E-state index is 3.14. The van der Waals surface area contributed by atoms with Crippen LogP contribution in [0, 0.1) is 0 Å². The summed E-state index contributed by atoms with van der Waals surface area (Å²) < 4.78 is 37.0. The van der Waals surface area contributed by atoms with Crippen molar-refractivity contribution in [3.05, 3.63) is 0 Å². The van der Waals surface area contributed by atoms with E-state index in [0.29, 0.717) is 0 Å². The van der Waals surface area contributed by atoms with Crippen LogP contribution in [0.25, 0.3) is 0 Å². The van der Waals surface area contributed by atoms with Crippen LogP contribution in [-0.4, -0.2) is 19.6 Å². The van der Waals surface area contributed by atoms with Gasteiger partial charge in [0.15, 0.2) is 0 Å². The third-order valence-corrected chi connectivity index (χ3v) is 3.87. The molecule has 0 aromatic carbocycles. The van der Waals surface area contributed by atoms with Crippen molar-refractivity contribution in [3.8, 4) is 0 Å². The topological polar surface area (TPSA) is 177 Å². The van der Waals surface area contributed by atoms with Crippen LogP contribution in [0.5, 0.6) is 0 Å². The van der Waals surface area contributed by atoms with Gasteiger partial charge < -0.3 is 19.6 Å². The predicted molar refractivity (Wildman–Crippen MR) is 38.1 cm³/mol. The van der Waals surface area contributed by atoms with Crippen molar-refractivity contribution in [1.82, 2.24) is 0 Å². The Morgan fingerprint density at radius 1 is 0.923 bits per heavy atom. The van der Waals surface area contributed by atoms with Crippen molar-refractivity contribution in [3.63, 3.8) is 0 Å². The van der Waals surface area contributed by atoms with Crippen LogP contribution in [0.1, 0.15) is 0 Å². The SMILES string of the molecule is NP(=O)(O)OP(=O)(O)OP(=O)(O)O. The molecule has 2 atom stereocenters. The molecular formula is H6NO9P3. The lowest BCUT2D eigenvalue weighted by Crippen LogP contribution is -1.98. The van der Waals surface area contributed by atoms with E-state index in [1.54, 1.807) is 0 Å². The van der Waals surface area contributed by atoms with Crippen molar-refractivity contribution in [1.29, 1.82) is 0 Å². The fourth-order valence-electron chi connectivity index (χ4n) is 0.297. The molecular weight excluding hydrogens is 251 g/mol. The van der Waals surface area contributed by atoms with Gasteiger partial charge in [0.2, 0.25) is 0 Å². The van der Waals surface area contributed by atoms with Gasteiger partial charge in [-0.2, -0.15) is 8.62 Å². The molecule has 13 heteroatoms. The van der Waals surface area contributed by atoms with Gasteiger partial charge in [0.1, 0.15) is 0 Å². The average Bonchev–Trinajstić information content (AvgIpc) is 1.43. The van der Waals surface area contributed by atoms with Crippen LogP contribution in [0.15, 0.2) is 0 Å². The molecule has 13 heavy (non-hydrogen) atoms. The van der Waals surface area contributed by atoms with E-state index in [4.69, 9.17) is 19.6 Å². The van der Waals surface area contributed by atoms with Crippen molar-refractivity contribution in [2.24, 2.45) is 5.50 Å². The Balaban J connectivity index is 4.54. The summed E-state index contributed by atoms with van der Waals surface area (Å²) in [5.74, 6) is 0. The Kier molecular flexibility index (Phi) is 4.00. The molecule has 0 fully saturated rings.